The first-order chi connectivity index (χ1) is 8.77. The van der Waals surface area contributed by atoms with Gasteiger partial charge in [0, 0.05) is 16.6 Å². The Morgan fingerprint density at radius 2 is 1.33 bits per heavy atom. The molecule has 3 N–H and O–H groups in total. The lowest BCUT2D eigenvalue weighted by molar-refractivity contribution is 0.477. The molecule has 0 saturated carbocycles. The van der Waals surface area contributed by atoms with Crippen molar-refractivity contribution in [1.82, 2.24) is 0 Å². The van der Waals surface area contributed by atoms with Gasteiger partial charge in [0.1, 0.15) is 5.75 Å². The van der Waals surface area contributed by atoms with E-state index in [9.17, 15) is 5.11 Å². The summed E-state index contributed by atoms with van der Waals surface area (Å²) in [6.07, 6.45) is 0. The average molecular weight is 235 g/mol. The maximum atomic E-state index is 9.96. The minimum atomic E-state index is 0.285. The number of rotatable bonds is 1. The van der Waals surface area contributed by atoms with Gasteiger partial charge in [-0.3, -0.25) is 0 Å². The second-order valence-electron chi connectivity index (χ2n) is 4.27. The van der Waals surface area contributed by atoms with Gasteiger partial charge in [-0.1, -0.05) is 48.5 Å². The number of para-hydroxylation sites is 1. The Kier molecular flexibility index (Phi) is 2.41. The van der Waals surface area contributed by atoms with Crippen LogP contribution in [0, 0.1) is 0 Å². The van der Waals surface area contributed by atoms with Crippen LogP contribution in [-0.4, -0.2) is 5.11 Å². The molecule has 0 aromatic heterocycles. The Labute approximate surface area is 105 Å². The highest BCUT2D eigenvalue weighted by Gasteiger charge is 2.08. The summed E-state index contributed by atoms with van der Waals surface area (Å²) in [6, 6.07) is 19.1. The number of hydrogen-bond acceptors (Lipinski definition) is 2. The van der Waals surface area contributed by atoms with Crippen LogP contribution in [0.15, 0.2) is 60.7 Å². The largest absolute Gasteiger partial charge is 0.507 e. The van der Waals surface area contributed by atoms with E-state index in [1.807, 2.05) is 54.6 Å². The van der Waals surface area contributed by atoms with Gasteiger partial charge in [0.05, 0.1) is 0 Å². The number of nitrogen functional groups attached to an aromatic ring is 1. The van der Waals surface area contributed by atoms with Crippen molar-refractivity contribution in [3.8, 4) is 16.9 Å². The van der Waals surface area contributed by atoms with Crippen molar-refractivity contribution in [3.63, 3.8) is 0 Å². The van der Waals surface area contributed by atoms with Crippen molar-refractivity contribution in [2.24, 2.45) is 0 Å². The molecule has 0 heterocycles. The van der Waals surface area contributed by atoms with Gasteiger partial charge in [-0.2, -0.15) is 0 Å². The molecule has 88 valence electrons. The fourth-order valence-corrected chi connectivity index (χ4v) is 2.26. The van der Waals surface area contributed by atoms with Crippen LogP contribution in [0.5, 0.6) is 5.75 Å². The van der Waals surface area contributed by atoms with Crippen LogP contribution in [0.4, 0.5) is 5.69 Å². The van der Waals surface area contributed by atoms with Gasteiger partial charge in [0.15, 0.2) is 0 Å². The first-order valence-corrected chi connectivity index (χ1v) is 5.83. The normalized spacial score (nSPS) is 10.7. The van der Waals surface area contributed by atoms with Gasteiger partial charge >= 0.3 is 0 Å². The zero-order valence-corrected chi connectivity index (χ0v) is 9.80. The quantitative estimate of drug-likeness (QED) is 0.630. The highest BCUT2D eigenvalue weighted by molar-refractivity contribution is 6.03. The molecule has 0 atom stereocenters. The molecule has 2 heteroatoms. The van der Waals surface area contributed by atoms with E-state index in [1.54, 1.807) is 6.07 Å². The standard InChI is InChI=1S/C16H13NO/c17-15-10-9-12(11-5-1-2-6-13(11)15)14-7-3-4-8-16(14)18/h1-10,18H,17H2. The predicted molar refractivity (Wildman–Crippen MR) is 75.5 cm³/mol. The van der Waals surface area contributed by atoms with Crippen LogP contribution in [0.2, 0.25) is 0 Å². The van der Waals surface area contributed by atoms with E-state index in [2.05, 4.69) is 0 Å². The van der Waals surface area contributed by atoms with Crippen molar-refractivity contribution >= 4 is 16.5 Å². The number of phenols is 1. The second-order valence-corrected chi connectivity index (χ2v) is 4.27. The Morgan fingerprint density at radius 3 is 2.11 bits per heavy atom. The Hall–Kier alpha value is -2.48. The molecule has 0 aliphatic carbocycles. The van der Waals surface area contributed by atoms with Crippen molar-refractivity contribution in [3.05, 3.63) is 60.7 Å². The highest BCUT2D eigenvalue weighted by Crippen LogP contribution is 2.36. The Bertz CT molecular complexity index is 719. The topological polar surface area (TPSA) is 46.2 Å². The van der Waals surface area contributed by atoms with E-state index >= 15 is 0 Å². The minimum Gasteiger partial charge on any atom is -0.507 e. The highest BCUT2D eigenvalue weighted by atomic mass is 16.3. The van der Waals surface area contributed by atoms with E-state index in [4.69, 9.17) is 5.73 Å². The van der Waals surface area contributed by atoms with E-state index in [-0.39, 0.29) is 5.75 Å². The summed E-state index contributed by atoms with van der Waals surface area (Å²) < 4.78 is 0. The minimum absolute atomic E-state index is 0.285. The fraction of sp³-hybridized carbons (Fsp3) is 0. The number of phenolic OH excluding ortho intramolecular Hbond substituents is 1. The summed E-state index contributed by atoms with van der Waals surface area (Å²) in [5, 5.41) is 12.0. The molecule has 0 fully saturated rings. The Morgan fingerprint density at radius 1 is 0.667 bits per heavy atom. The van der Waals surface area contributed by atoms with Crippen LogP contribution < -0.4 is 5.73 Å². The summed E-state index contributed by atoms with van der Waals surface area (Å²) >= 11 is 0. The third kappa shape index (κ3) is 1.59. The van der Waals surface area contributed by atoms with Gasteiger partial charge in [-0.25, -0.2) is 0 Å². The van der Waals surface area contributed by atoms with E-state index in [1.165, 1.54) is 0 Å². The third-order valence-corrected chi connectivity index (χ3v) is 3.15. The zero-order valence-electron chi connectivity index (χ0n) is 9.80. The molecule has 0 amide bonds. The monoisotopic (exact) mass is 235 g/mol. The first kappa shape index (κ1) is 10.7. The Balaban J connectivity index is 2.38. The van der Waals surface area contributed by atoms with Crippen molar-refractivity contribution in [2.45, 2.75) is 0 Å². The first-order valence-electron chi connectivity index (χ1n) is 5.83. The van der Waals surface area contributed by atoms with Gasteiger partial charge < -0.3 is 10.8 Å². The number of benzene rings is 3. The summed E-state index contributed by atoms with van der Waals surface area (Å²) in [7, 11) is 0. The summed E-state index contributed by atoms with van der Waals surface area (Å²) in [5.41, 5.74) is 8.56. The summed E-state index contributed by atoms with van der Waals surface area (Å²) in [5.74, 6) is 0.285. The molecule has 18 heavy (non-hydrogen) atoms. The lowest BCUT2D eigenvalue weighted by atomic mass is 9.97. The summed E-state index contributed by atoms with van der Waals surface area (Å²) in [6.45, 7) is 0. The van der Waals surface area contributed by atoms with Gasteiger partial charge in [-0.05, 0) is 23.1 Å². The predicted octanol–water partition coefficient (Wildman–Crippen LogP) is 3.79. The van der Waals surface area contributed by atoms with Gasteiger partial charge in [-0.15, -0.1) is 0 Å². The number of nitrogens with two attached hydrogens (primary N) is 1. The molecule has 3 rings (SSSR count). The lowest BCUT2D eigenvalue weighted by Crippen LogP contribution is -1.89. The van der Waals surface area contributed by atoms with Crippen LogP contribution >= 0.6 is 0 Å². The van der Waals surface area contributed by atoms with Crippen molar-refractivity contribution in [1.29, 1.82) is 0 Å². The molecular formula is C16H13NO. The van der Waals surface area contributed by atoms with Crippen molar-refractivity contribution in [2.75, 3.05) is 5.73 Å². The molecule has 0 aliphatic heterocycles. The summed E-state index contributed by atoms with van der Waals surface area (Å²) in [4.78, 5) is 0. The van der Waals surface area contributed by atoms with E-state index in [0.29, 0.717) is 0 Å². The average Bonchev–Trinajstić information content (AvgIpc) is 2.41. The molecule has 3 aromatic rings. The molecule has 0 unspecified atom stereocenters. The molecule has 2 nitrogen and oxygen atoms in total. The van der Waals surface area contributed by atoms with Crippen LogP contribution in [0.25, 0.3) is 21.9 Å². The van der Waals surface area contributed by atoms with Crippen LogP contribution in [0.3, 0.4) is 0 Å². The number of aromatic hydroxyl groups is 1. The molecule has 0 bridgehead atoms. The van der Waals surface area contributed by atoms with Gasteiger partial charge in [0.25, 0.3) is 0 Å². The lowest BCUT2D eigenvalue weighted by Gasteiger charge is -2.10. The molecular weight excluding hydrogens is 222 g/mol. The fourth-order valence-electron chi connectivity index (χ4n) is 2.26. The second kappa shape index (κ2) is 4.08. The number of anilines is 1. The maximum Gasteiger partial charge on any atom is 0.123 e. The third-order valence-electron chi connectivity index (χ3n) is 3.15. The van der Waals surface area contributed by atoms with Crippen molar-refractivity contribution < 1.29 is 5.11 Å². The SMILES string of the molecule is Nc1ccc(-c2ccccc2O)c2ccccc12. The number of hydrogen-bond donors (Lipinski definition) is 2. The smallest absolute Gasteiger partial charge is 0.123 e. The molecule has 0 saturated heterocycles. The van der Waals surface area contributed by atoms with Gasteiger partial charge in [0.2, 0.25) is 0 Å². The van der Waals surface area contributed by atoms with Crippen LogP contribution in [-0.2, 0) is 0 Å². The van der Waals surface area contributed by atoms with E-state index < -0.39 is 0 Å². The maximum absolute atomic E-state index is 9.96. The zero-order chi connectivity index (χ0) is 12.5. The van der Waals surface area contributed by atoms with Crippen LogP contribution in [0.1, 0.15) is 0 Å². The molecule has 0 radical (unpaired) electrons. The van der Waals surface area contributed by atoms with E-state index in [0.717, 1.165) is 27.6 Å². The molecule has 0 aliphatic rings. The molecule has 0 spiro atoms. The number of fused-ring (bicyclic) bond motifs is 1. The molecule has 3 aromatic carbocycles.